The van der Waals surface area contributed by atoms with Crippen LogP contribution in [0.25, 0.3) is 0 Å². The Hall–Kier alpha value is -2.78. The lowest BCUT2D eigenvalue weighted by Gasteiger charge is -2.55. The molecule has 4 nitrogen and oxygen atoms in total. The van der Waals surface area contributed by atoms with Gasteiger partial charge in [0.15, 0.2) is 0 Å². The monoisotopic (exact) mass is 544 g/mol. The number of fused-ring (bicyclic) bond motifs is 4. The number of amides is 1. The first-order chi connectivity index (χ1) is 19.1. The van der Waals surface area contributed by atoms with Crippen LogP contribution in [0.5, 0.6) is 0 Å². The summed E-state index contributed by atoms with van der Waals surface area (Å²) in [4.78, 5) is 12.1. The van der Waals surface area contributed by atoms with Crippen LogP contribution in [0, 0.1) is 35.5 Å². The van der Waals surface area contributed by atoms with Crippen molar-refractivity contribution in [1.29, 1.82) is 0 Å². The Kier molecular flexibility index (Phi) is 5.95. The van der Waals surface area contributed by atoms with Gasteiger partial charge in [0.05, 0.1) is 5.71 Å². The number of terminal acetylenes is 1. The molecule has 4 saturated carbocycles. The van der Waals surface area contributed by atoms with E-state index in [0.29, 0.717) is 18.8 Å². The molecule has 4 fully saturated rings. The van der Waals surface area contributed by atoms with E-state index in [4.69, 9.17) is 6.42 Å². The van der Waals surface area contributed by atoms with Gasteiger partial charge in [-0.15, -0.1) is 6.42 Å². The smallest absolute Gasteiger partial charge is 0.336 e. The summed E-state index contributed by atoms with van der Waals surface area (Å²) in [7, 11) is 0. The molecule has 5 atom stereocenters. The second kappa shape index (κ2) is 9.11. The molecule has 6 heteroatoms. The van der Waals surface area contributed by atoms with E-state index < -0.39 is 16.9 Å². The van der Waals surface area contributed by atoms with Crippen molar-refractivity contribution in [3.63, 3.8) is 0 Å². The van der Waals surface area contributed by atoms with Crippen molar-refractivity contribution >= 4 is 11.6 Å². The normalized spacial score (nSPS) is 36.3. The number of allylic oxidation sites excluding steroid dienone is 4. The summed E-state index contributed by atoms with van der Waals surface area (Å²) >= 11 is 0. The summed E-state index contributed by atoms with van der Waals surface area (Å²) < 4.78 is 30.6. The van der Waals surface area contributed by atoms with Gasteiger partial charge in [-0.1, -0.05) is 36.8 Å². The van der Waals surface area contributed by atoms with Crippen LogP contribution in [0.15, 0.2) is 52.2 Å². The van der Waals surface area contributed by atoms with Crippen LogP contribution in [0.2, 0.25) is 0 Å². The maximum absolute atomic E-state index is 15.3. The average Bonchev–Trinajstić information content (AvgIpc) is 3.88. The zero-order valence-corrected chi connectivity index (χ0v) is 23.2. The zero-order chi connectivity index (χ0) is 27.9. The van der Waals surface area contributed by atoms with E-state index in [1.165, 1.54) is 35.1 Å². The fraction of sp³-hybridized carbons (Fsp3) is 0.588. The van der Waals surface area contributed by atoms with E-state index in [9.17, 15) is 9.90 Å². The third-order valence-corrected chi connectivity index (χ3v) is 11.2. The number of hydrogen-bond acceptors (Lipinski definition) is 3. The van der Waals surface area contributed by atoms with Crippen molar-refractivity contribution < 1.29 is 18.7 Å². The first-order valence-electron chi connectivity index (χ1n) is 15.1. The molecule has 0 radical (unpaired) electrons. The molecule has 0 aromatic heterocycles. The Labute approximate surface area is 235 Å². The molecule has 2 N–H and O–H groups in total. The Morgan fingerprint density at radius 2 is 1.80 bits per heavy atom. The standard InChI is InChI=1S/C34H38F2N2O2/c1-3-34(35,36)33(40)17-16-29-27-14-12-24-18-25(37-38-31(39)23-10-11-23)13-15-26(24)30(27)28(19-32(29,33)2)22-8-6-21(7-9-22)20-4-5-20/h1,6-9,18,20,23,27-29,40H,4-5,10-17,19H2,2H3,(H,38,39)/b37-25+/t27-,28?,29-,32-,33-/m0/s1. The zero-order valence-electron chi connectivity index (χ0n) is 23.2. The molecule has 6 aliphatic rings. The molecule has 1 amide bonds. The van der Waals surface area contributed by atoms with Gasteiger partial charge in [0.2, 0.25) is 5.91 Å². The summed E-state index contributed by atoms with van der Waals surface area (Å²) in [6, 6.07) is 8.82. The van der Waals surface area contributed by atoms with E-state index in [1.807, 2.05) is 6.92 Å². The third kappa shape index (κ3) is 3.95. The van der Waals surface area contributed by atoms with Crippen LogP contribution in [0.3, 0.4) is 0 Å². The maximum Gasteiger partial charge on any atom is 0.336 e. The molecule has 0 aliphatic heterocycles. The highest BCUT2D eigenvalue weighted by molar-refractivity contribution is 5.98. The maximum atomic E-state index is 15.3. The Morgan fingerprint density at radius 3 is 2.48 bits per heavy atom. The van der Waals surface area contributed by atoms with Gasteiger partial charge in [-0.2, -0.15) is 13.9 Å². The molecule has 0 heterocycles. The summed E-state index contributed by atoms with van der Waals surface area (Å²) in [5, 5.41) is 16.1. The van der Waals surface area contributed by atoms with Gasteiger partial charge in [-0.25, -0.2) is 5.43 Å². The SMILES string of the molecule is C#CC(F)(F)[C@]1(O)CC[C@H]2[C@@H]3CCC4=C/C(=N/NC(=O)C5CC5)CCC4=C3C(c3ccc(C4CC4)cc3)C[C@@]21C. The van der Waals surface area contributed by atoms with Gasteiger partial charge in [0.1, 0.15) is 5.60 Å². The molecule has 0 spiro atoms. The molecule has 1 aromatic carbocycles. The van der Waals surface area contributed by atoms with Crippen LogP contribution in [0.1, 0.15) is 101 Å². The molecule has 0 bridgehead atoms. The number of rotatable bonds is 5. The van der Waals surface area contributed by atoms with E-state index in [-0.39, 0.29) is 36.0 Å². The second-order valence-electron chi connectivity index (χ2n) is 13.4. The van der Waals surface area contributed by atoms with Crippen LogP contribution < -0.4 is 5.43 Å². The molecule has 6 aliphatic carbocycles. The molecular weight excluding hydrogens is 506 g/mol. The number of benzene rings is 1. The molecule has 210 valence electrons. The van der Waals surface area contributed by atoms with Crippen molar-refractivity contribution in [1.82, 2.24) is 5.43 Å². The molecule has 40 heavy (non-hydrogen) atoms. The molecule has 0 saturated heterocycles. The fourth-order valence-electron chi connectivity index (χ4n) is 8.68. The van der Waals surface area contributed by atoms with Crippen LogP contribution in [-0.2, 0) is 4.79 Å². The topological polar surface area (TPSA) is 61.7 Å². The molecular formula is C34H38F2N2O2. The first-order valence-corrected chi connectivity index (χ1v) is 15.1. The van der Waals surface area contributed by atoms with Crippen molar-refractivity contribution in [2.75, 3.05) is 0 Å². The molecule has 7 rings (SSSR count). The average molecular weight is 545 g/mol. The van der Waals surface area contributed by atoms with Crippen molar-refractivity contribution in [2.24, 2.45) is 28.3 Å². The summed E-state index contributed by atoms with van der Waals surface area (Å²) in [6.45, 7) is 1.88. The Bertz CT molecular complexity index is 1380. The quantitative estimate of drug-likeness (QED) is 0.317. The number of hydrogen-bond donors (Lipinski definition) is 2. The number of halogens is 2. The minimum atomic E-state index is -3.58. The minimum Gasteiger partial charge on any atom is -0.382 e. The first kappa shape index (κ1) is 26.1. The van der Waals surface area contributed by atoms with Crippen molar-refractivity contribution in [3.8, 4) is 12.3 Å². The lowest BCUT2D eigenvalue weighted by Crippen LogP contribution is -2.60. The predicted octanol–water partition coefficient (Wildman–Crippen LogP) is 6.78. The van der Waals surface area contributed by atoms with Gasteiger partial charge in [-0.3, -0.25) is 4.79 Å². The Morgan fingerprint density at radius 1 is 1.07 bits per heavy atom. The summed E-state index contributed by atoms with van der Waals surface area (Å²) in [5.74, 6) is -1.10. The summed E-state index contributed by atoms with van der Waals surface area (Å²) in [6.07, 6.45) is 16.1. The van der Waals surface area contributed by atoms with Crippen molar-refractivity contribution in [3.05, 3.63) is 58.2 Å². The minimum absolute atomic E-state index is 0.0116. The van der Waals surface area contributed by atoms with Crippen LogP contribution in [0.4, 0.5) is 8.78 Å². The predicted molar refractivity (Wildman–Crippen MR) is 151 cm³/mol. The lowest BCUT2D eigenvalue weighted by molar-refractivity contribution is -0.209. The number of nitrogens with zero attached hydrogens (tertiary/aromatic N) is 1. The van der Waals surface area contributed by atoms with Gasteiger partial charge >= 0.3 is 5.92 Å². The van der Waals surface area contributed by atoms with E-state index in [1.54, 1.807) is 5.92 Å². The van der Waals surface area contributed by atoms with Crippen molar-refractivity contribution in [2.45, 2.75) is 101 Å². The number of alkyl halides is 2. The van der Waals surface area contributed by atoms with Gasteiger partial charge in [-0.05, 0) is 123 Å². The Balaban J connectivity index is 1.30. The fourth-order valence-corrected chi connectivity index (χ4v) is 8.68. The van der Waals surface area contributed by atoms with E-state index in [2.05, 4.69) is 40.9 Å². The number of aliphatic hydroxyl groups is 1. The highest BCUT2D eigenvalue weighted by Gasteiger charge is 2.71. The highest BCUT2D eigenvalue weighted by atomic mass is 19.3. The lowest BCUT2D eigenvalue weighted by atomic mass is 9.50. The van der Waals surface area contributed by atoms with Gasteiger partial charge in [0.25, 0.3) is 0 Å². The number of carbonyl (C=O) groups is 1. The largest absolute Gasteiger partial charge is 0.382 e. The van der Waals surface area contributed by atoms with E-state index >= 15 is 8.78 Å². The summed E-state index contributed by atoms with van der Waals surface area (Å²) in [5.41, 5.74) is 6.95. The highest BCUT2D eigenvalue weighted by Crippen LogP contribution is 2.69. The number of carbonyl (C=O) groups excluding carboxylic acids is 1. The van der Waals surface area contributed by atoms with Gasteiger partial charge < -0.3 is 5.11 Å². The third-order valence-electron chi connectivity index (χ3n) is 11.2. The van der Waals surface area contributed by atoms with Gasteiger partial charge in [0, 0.05) is 17.3 Å². The second-order valence-corrected chi connectivity index (χ2v) is 13.4. The van der Waals surface area contributed by atoms with Crippen LogP contribution in [-0.4, -0.2) is 28.2 Å². The van der Waals surface area contributed by atoms with Crippen LogP contribution >= 0.6 is 0 Å². The number of nitrogens with one attached hydrogen (secondary N) is 1. The number of hydrazone groups is 1. The van der Waals surface area contributed by atoms with E-state index in [0.717, 1.165) is 49.8 Å². The molecule has 1 aromatic rings. The molecule has 1 unspecified atom stereocenters.